The van der Waals surface area contributed by atoms with Gasteiger partial charge in [0, 0.05) is 6.42 Å². The zero-order valence-corrected chi connectivity index (χ0v) is 41.2. The molecular weight excluding hydrogens is 836 g/mol. The Bertz CT molecular complexity index is 1200. The van der Waals surface area contributed by atoms with Gasteiger partial charge in [0.2, 0.25) is 0 Å². The number of aliphatic hydroxyl groups is 5. The topological polar surface area (TPSA) is 192 Å². The van der Waals surface area contributed by atoms with Crippen LogP contribution in [0.3, 0.4) is 0 Å². The average Bonchev–Trinajstić information content (AvgIpc) is 3.28. The second-order valence-corrected chi connectivity index (χ2v) is 19.5. The minimum Gasteiger partial charge on any atom is -0.498 e. The lowest BCUT2D eigenvalue weighted by molar-refractivity contribution is -0.220. The molecule has 0 aromatic heterocycles. The van der Waals surface area contributed by atoms with Crippen molar-refractivity contribution < 1.29 is 58.3 Å². The Balaban J connectivity index is 2.36. The van der Waals surface area contributed by atoms with Gasteiger partial charge in [-0.3, -0.25) is 13.8 Å². The van der Waals surface area contributed by atoms with Crippen molar-refractivity contribution in [2.75, 3.05) is 13.2 Å². The number of carbonyl (C=O) groups excluding carboxylic acids is 1. The average molecular weight is 931 g/mol. The third-order valence-corrected chi connectivity index (χ3v) is 13.1. The van der Waals surface area contributed by atoms with Crippen LogP contribution >= 0.6 is 7.82 Å². The van der Waals surface area contributed by atoms with Crippen molar-refractivity contribution in [3.63, 3.8) is 0 Å². The lowest BCUT2D eigenvalue weighted by Crippen LogP contribution is -2.64. The van der Waals surface area contributed by atoms with E-state index in [-0.39, 0.29) is 13.0 Å². The molecule has 0 aromatic rings. The van der Waals surface area contributed by atoms with Crippen LogP contribution in [-0.4, -0.2) is 92.3 Å². The van der Waals surface area contributed by atoms with Gasteiger partial charge in [0.1, 0.15) is 43.2 Å². The maximum absolute atomic E-state index is 12.8. The predicted molar refractivity (Wildman–Crippen MR) is 258 cm³/mol. The molecule has 0 saturated heterocycles. The highest BCUT2D eigenvalue weighted by Crippen LogP contribution is 2.47. The molecule has 0 aliphatic heterocycles. The lowest BCUT2D eigenvalue weighted by atomic mass is 9.85. The van der Waals surface area contributed by atoms with Crippen LogP contribution in [0.2, 0.25) is 0 Å². The van der Waals surface area contributed by atoms with E-state index in [2.05, 4.69) is 38.2 Å². The first kappa shape index (κ1) is 60.4. The van der Waals surface area contributed by atoms with Crippen molar-refractivity contribution in [3.05, 3.63) is 36.6 Å². The predicted octanol–water partition coefficient (Wildman–Crippen LogP) is 11.8. The normalized spacial score (nSPS) is 21.9. The Hall–Kier alpha value is -1.60. The summed E-state index contributed by atoms with van der Waals surface area (Å²) in [7, 11) is -5.04. The van der Waals surface area contributed by atoms with Crippen LogP contribution in [0.1, 0.15) is 226 Å². The Labute approximate surface area is 389 Å². The van der Waals surface area contributed by atoms with Gasteiger partial charge >= 0.3 is 13.8 Å². The summed E-state index contributed by atoms with van der Waals surface area (Å²) in [5.41, 5.74) is 0. The number of allylic oxidation sites excluding steroid dienone is 5. The first-order valence-electron chi connectivity index (χ1n) is 25.9. The number of carbonyl (C=O) groups is 1. The van der Waals surface area contributed by atoms with Crippen LogP contribution in [0.5, 0.6) is 0 Å². The summed E-state index contributed by atoms with van der Waals surface area (Å²) in [6.07, 6.45) is 38.6. The standard InChI is InChI=1S/C51H95O12P/c1-3-5-7-9-11-13-15-17-19-21-23-24-26-28-30-32-34-36-38-40-45(52)62-44(43-61-64(58,59)63-51-49(56)47(54)46(53)48(55)50(51)57)42-60-41-39-37-35-33-31-29-27-25-22-20-18-16-14-12-10-8-6-4-2/h11,13,17,19,39,41,44,46-51,53-57H,3-10,12,14-16,18,20-38,40,42-43H2,1-2H3,(H,58,59)/b13-11-,19-17-,41-39-/t44-,46?,47-,48?,49?,50?,51?/m1/s1. The van der Waals surface area contributed by atoms with E-state index in [0.717, 1.165) is 51.4 Å². The maximum atomic E-state index is 12.8. The molecule has 1 aliphatic carbocycles. The smallest absolute Gasteiger partial charge is 0.472 e. The van der Waals surface area contributed by atoms with Gasteiger partial charge in [0.25, 0.3) is 0 Å². The van der Waals surface area contributed by atoms with Crippen molar-refractivity contribution in [2.45, 2.75) is 268 Å². The van der Waals surface area contributed by atoms with Crippen LogP contribution < -0.4 is 0 Å². The molecule has 1 fully saturated rings. The molecule has 0 heterocycles. The number of rotatable bonds is 44. The van der Waals surface area contributed by atoms with E-state index in [1.165, 1.54) is 154 Å². The van der Waals surface area contributed by atoms with E-state index in [1.54, 1.807) is 0 Å². The minimum atomic E-state index is -5.04. The van der Waals surface area contributed by atoms with Gasteiger partial charge in [-0.15, -0.1) is 0 Å². The monoisotopic (exact) mass is 931 g/mol. The van der Waals surface area contributed by atoms with Gasteiger partial charge in [-0.1, -0.05) is 192 Å². The summed E-state index contributed by atoms with van der Waals surface area (Å²) in [5, 5.41) is 50.3. The largest absolute Gasteiger partial charge is 0.498 e. The third kappa shape index (κ3) is 33.0. The number of ether oxygens (including phenoxy) is 2. The van der Waals surface area contributed by atoms with E-state index in [4.69, 9.17) is 18.5 Å². The van der Waals surface area contributed by atoms with Gasteiger partial charge in [0.05, 0.1) is 12.9 Å². The van der Waals surface area contributed by atoms with E-state index >= 15 is 0 Å². The molecule has 1 aliphatic rings. The Morgan fingerprint density at radius 2 is 0.875 bits per heavy atom. The highest BCUT2D eigenvalue weighted by Gasteiger charge is 2.51. The summed E-state index contributed by atoms with van der Waals surface area (Å²) < 4.78 is 34.1. The van der Waals surface area contributed by atoms with Crippen molar-refractivity contribution in [1.82, 2.24) is 0 Å². The molecule has 6 unspecified atom stereocenters. The van der Waals surface area contributed by atoms with E-state index in [1.807, 2.05) is 6.08 Å². The molecule has 12 nitrogen and oxygen atoms in total. The van der Waals surface area contributed by atoms with Crippen LogP contribution in [0.4, 0.5) is 0 Å². The Kier molecular flexibility index (Phi) is 39.2. The van der Waals surface area contributed by atoms with Crippen LogP contribution in [0.25, 0.3) is 0 Å². The molecule has 1 saturated carbocycles. The second-order valence-electron chi connectivity index (χ2n) is 18.1. The maximum Gasteiger partial charge on any atom is 0.472 e. The van der Waals surface area contributed by atoms with Gasteiger partial charge in [-0.05, 0) is 57.4 Å². The molecule has 0 aromatic carbocycles. The molecule has 0 spiro atoms. The van der Waals surface area contributed by atoms with Crippen LogP contribution in [0.15, 0.2) is 36.6 Å². The second kappa shape index (κ2) is 41.6. The van der Waals surface area contributed by atoms with Crippen molar-refractivity contribution >= 4 is 13.8 Å². The minimum absolute atomic E-state index is 0.160. The lowest BCUT2D eigenvalue weighted by Gasteiger charge is -2.41. The number of hydrogen-bond acceptors (Lipinski definition) is 11. The van der Waals surface area contributed by atoms with Crippen molar-refractivity contribution in [3.8, 4) is 0 Å². The van der Waals surface area contributed by atoms with Gasteiger partial charge in [0.15, 0.2) is 6.10 Å². The van der Waals surface area contributed by atoms with Crippen molar-refractivity contribution in [1.29, 1.82) is 0 Å². The quantitative estimate of drug-likeness (QED) is 0.0112. The number of hydrogen-bond donors (Lipinski definition) is 6. The fraction of sp³-hybridized carbons (Fsp3) is 0.863. The van der Waals surface area contributed by atoms with Crippen LogP contribution in [0, 0.1) is 0 Å². The highest BCUT2D eigenvalue weighted by atomic mass is 31.2. The molecule has 376 valence electrons. The molecule has 1 rings (SSSR count). The van der Waals surface area contributed by atoms with Gasteiger partial charge in [-0.2, -0.15) is 0 Å². The Morgan fingerprint density at radius 1 is 0.500 bits per heavy atom. The zero-order valence-electron chi connectivity index (χ0n) is 40.3. The molecule has 13 heteroatoms. The molecule has 64 heavy (non-hydrogen) atoms. The summed E-state index contributed by atoms with van der Waals surface area (Å²) in [6.45, 7) is 3.73. The van der Waals surface area contributed by atoms with Gasteiger partial charge < -0.3 is 39.9 Å². The van der Waals surface area contributed by atoms with E-state index < -0.39 is 63.1 Å². The molecule has 0 amide bonds. The highest BCUT2D eigenvalue weighted by molar-refractivity contribution is 7.47. The number of phosphoric acid groups is 1. The van der Waals surface area contributed by atoms with E-state index in [0.29, 0.717) is 6.42 Å². The van der Waals surface area contributed by atoms with Gasteiger partial charge in [-0.25, -0.2) is 4.57 Å². The summed E-state index contributed by atoms with van der Waals surface area (Å²) in [6, 6.07) is 0. The number of esters is 1. The fourth-order valence-electron chi connectivity index (χ4n) is 7.94. The van der Waals surface area contributed by atoms with Crippen molar-refractivity contribution in [2.24, 2.45) is 0 Å². The molecule has 0 bridgehead atoms. The number of phosphoric ester groups is 1. The molecular formula is C51H95O12P. The summed E-state index contributed by atoms with van der Waals surface area (Å²) in [4.78, 5) is 23.2. The number of unbranched alkanes of at least 4 members (excludes halogenated alkanes) is 28. The zero-order chi connectivity index (χ0) is 46.9. The molecule has 8 atom stereocenters. The summed E-state index contributed by atoms with van der Waals surface area (Å²) >= 11 is 0. The first-order valence-corrected chi connectivity index (χ1v) is 27.4. The first-order chi connectivity index (χ1) is 31.0. The SMILES string of the molecule is CCCCC/C=C\C/C=C\CCCCCCCCCCCC(=O)O[C@H](CO/C=C\CCCCCCCCCCCCCCCCCC)COP(=O)(O)OC1C(O)C(O)C(O)[C@@H](O)C1O. The van der Waals surface area contributed by atoms with Crippen LogP contribution in [-0.2, 0) is 27.9 Å². The number of aliphatic hydroxyl groups excluding tert-OH is 5. The third-order valence-electron chi connectivity index (χ3n) is 12.1. The molecule has 6 N–H and O–H groups in total. The molecule has 0 radical (unpaired) electrons. The fourth-order valence-corrected chi connectivity index (χ4v) is 8.91. The summed E-state index contributed by atoms with van der Waals surface area (Å²) in [5.74, 6) is -0.501. The van der Waals surface area contributed by atoms with E-state index in [9.17, 15) is 39.8 Å². The Morgan fingerprint density at radius 3 is 1.34 bits per heavy atom.